The van der Waals surface area contributed by atoms with E-state index in [9.17, 15) is 9.59 Å². The minimum absolute atomic E-state index is 0.0894. The number of anilines is 2. The molecule has 2 aromatic carbocycles. The van der Waals surface area contributed by atoms with Crippen LogP contribution < -0.4 is 10.2 Å². The third-order valence-corrected chi connectivity index (χ3v) is 8.95. The smallest absolute Gasteiger partial charge is 0.305 e. The number of nitrogens with one attached hydrogen (secondary N) is 1. The number of amides is 1. The third-order valence-electron chi connectivity index (χ3n) is 7.55. The second-order valence-corrected chi connectivity index (χ2v) is 12.6. The first-order valence-electron chi connectivity index (χ1n) is 15.0. The fourth-order valence-electron chi connectivity index (χ4n) is 5.12. The molecule has 0 fully saturated rings. The van der Waals surface area contributed by atoms with Gasteiger partial charge < -0.3 is 15.3 Å². The Balaban J connectivity index is 1.64. The molecule has 6 nitrogen and oxygen atoms in total. The first-order chi connectivity index (χ1) is 21.2. The number of aryl methyl sites for hydroxylation is 1. The fraction of sp³-hybridized carbons (Fsp3) is 0.306. The molecule has 0 unspecified atom stereocenters. The molecular weight excluding hydrogens is 590 g/mol. The van der Waals surface area contributed by atoms with Crippen molar-refractivity contribution in [3.05, 3.63) is 111 Å². The third kappa shape index (κ3) is 8.80. The fourth-order valence-corrected chi connectivity index (χ4v) is 6.34. The lowest BCUT2D eigenvalue weighted by Crippen LogP contribution is -2.26. The van der Waals surface area contributed by atoms with Gasteiger partial charge in [0, 0.05) is 27.7 Å². The minimum atomic E-state index is -0.946. The first kappa shape index (κ1) is 33.0. The van der Waals surface area contributed by atoms with Gasteiger partial charge >= 0.3 is 5.97 Å². The molecule has 230 valence electrons. The highest BCUT2D eigenvalue weighted by atomic mass is 35.5. The maximum absolute atomic E-state index is 12.5. The van der Waals surface area contributed by atoms with Crippen LogP contribution in [0.1, 0.15) is 84.9 Å². The molecule has 0 aliphatic heterocycles. The van der Waals surface area contributed by atoms with E-state index >= 15 is 0 Å². The van der Waals surface area contributed by atoms with Crippen molar-refractivity contribution < 1.29 is 14.7 Å². The van der Waals surface area contributed by atoms with Crippen LogP contribution in [0.4, 0.5) is 10.8 Å². The summed E-state index contributed by atoms with van der Waals surface area (Å²) in [6, 6.07) is 16.1. The Morgan fingerprint density at radius 2 is 1.82 bits per heavy atom. The number of carbonyl (C=O) groups excluding carboxylic acids is 1. The van der Waals surface area contributed by atoms with E-state index in [1.54, 1.807) is 23.5 Å². The Labute approximate surface area is 269 Å². The highest BCUT2D eigenvalue weighted by Gasteiger charge is 2.19. The van der Waals surface area contributed by atoms with Gasteiger partial charge in [-0.3, -0.25) is 9.59 Å². The van der Waals surface area contributed by atoms with Gasteiger partial charge in [0.15, 0.2) is 5.13 Å². The van der Waals surface area contributed by atoms with Crippen LogP contribution in [0.5, 0.6) is 0 Å². The van der Waals surface area contributed by atoms with Crippen molar-refractivity contribution in [2.45, 2.75) is 66.3 Å². The van der Waals surface area contributed by atoms with Crippen LogP contribution in [0.3, 0.4) is 0 Å². The minimum Gasteiger partial charge on any atom is -0.481 e. The zero-order valence-corrected chi connectivity index (χ0v) is 27.4. The van der Waals surface area contributed by atoms with Crippen LogP contribution in [-0.2, 0) is 11.3 Å². The molecule has 1 heterocycles. The second kappa shape index (κ2) is 15.7. The van der Waals surface area contributed by atoms with Gasteiger partial charge in [0.25, 0.3) is 5.91 Å². The van der Waals surface area contributed by atoms with Gasteiger partial charge in [-0.25, -0.2) is 4.98 Å². The van der Waals surface area contributed by atoms with Crippen LogP contribution in [0.2, 0.25) is 0 Å². The molecule has 0 bridgehead atoms. The number of carboxylic acid groups (broad SMARTS) is 1. The normalized spacial score (nSPS) is 14.3. The van der Waals surface area contributed by atoms with Gasteiger partial charge in [-0.2, -0.15) is 0 Å². The molecule has 0 radical (unpaired) electrons. The Morgan fingerprint density at radius 1 is 1.09 bits per heavy atom. The number of halogens is 1. The number of nitrogens with zero attached hydrogens (tertiary/aromatic N) is 2. The summed E-state index contributed by atoms with van der Waals surface area (Å²) < 4.78 is 0. The molecule has 1 aliphatic carbocycles. The highest BCUT2D eigenvalue weighted by molar-refractivity contribution is 7.15. The number of rotatable bonds is 12. The largest absolute Gasteiger partial charge is 0.481 e. The maximum Gasteiger partial charge on any atom is 0.305 e. The summed E-state index contributed by atoms with van der Waals surface area (Å²) in [5, 5.41) is 13.1. The summed E-state index contributed by atoms with van der Waals surface area (Å²) in [4.78, 5) is 31.7. The summed E-state index contributed by atoms with van der Waals surface area (Å²) in [6.07, 6.45) is 12.9. The predicted octanol–water partition coefficient (Wildman–Crippen LogP) is 9.44. The molecule has 1 aliphatic rings. The second-order valence-electron chi connectivity index (χ2n) is 11.0. The SMILES string of the molecule is C\C=C/C(C)=C(Cl)\C=C(/C)c1nc(N(Cc2ccc(C(=O)NCCC(=O)O)cc2)c2ccc(C3=CCCCC3)cc2)sc1C. The topological polar surface area (TPSA) is 82.5 Å². The summed E-state index contributed by atoms with van der Waals surface area (Å²) >= 11 is 8.23. The molecule has 4 rings (SSSR count). The van der Waals surface area contributed by atoms with Gasteiger partial charge in [-0.15, -0.1) is 11.3 Å². The van der Waals surface area contributed by atoms with Crippen molar-refractivity contribution in [3.63, 3.8) is 0 Å². The number of allylic oxidation sites excluding steroid dienone is 8. The first-order valence-corrected chi connectivity index (χ1v) is 16.2. The Hall–Kier alpha value is -3.94. The van der Waals surface area contributed by atoms with Crippen LogP contribution in [0.15, 0.2) is 83.4 Å². The molecular formula is C36H40ClN3O3S. The number of aliphatic carboxylic acids is 1. The van der Waals surface area contributed by atoms with Crippen molar-refractivity contribution in [1.82, 2.24) is 10.3 Å². The van der Waals surface area contributed by atoms with E-state index < -0.39 is 5.97 Å². The molecule has 0 atom stereocenters. The predicted molar refractivity (Wildman–Crippen MR) is 184 cm³/mol. The lowest BCUT2D eigenvalue weighted by atomic mass is 9.93. The number of benzene rings is 2. The van der Waals surface area contributed by atoms with Crippen LogP contribution in [0.25, 0.3) is 11.1 Å². The van der Waals surface area contributed by atoms with E-state index in [0.29, 0.717) is 17.1 Å². The van der Waals surface area contributed by atoms with Gasteiger partial charge in [-0.05, 0) is 112 Å². The Morgan fingerprint density at radius 3 is 2.45 bits per heavy atom. The van der Waals surface area contributed by atoms with E-state index in [1.807, 2.05) is 51.1 Å². The number of hydrogen-bond acceptors (Lipinski definition) is 5. The number of hydrogen-bond donors (Lipinski definition) is 2. The Kier molecular flexibility index (Phi) is 11.8. The molecule has 44 heavy (non-hydrogen) atoms. The van der Waals surface area contributed by atoms with E-state index in [1.165, 1.54) is 24.0 Å². The van der Waals surface area contributed by atoms with Gasteiger partial charge in [0.2, 0.25) is 0 Å². The molecule has 1 aromatic heterocycles. The molecule has 2 N–H and O–H groups in total. The summed E-state index contributed by atoms with van der Waals surface area (Å²) in [6.45, 7) is 8.72. The van der Waals surface area contributed by atoms with Gasteiger partial charge in [-0.1, -0.05) is 54.1 Å². The number of carbonyl (C=O) groups is 2. The number of thiazole rings is 1. The zero-order valence-electron chi connectivity index (χ0n) is 25.8. The van der Waals surface area contributed by atoms with E-state index in [0.717, 1.165) is 50.9 Å². The molecule has 8 heteroatoms. The average Bonchev–Trinajstić information content (AvgIpc) is 3.41. The molecule has 0 spiro atoms. The summed E-state index contributed by atoms with van der Waals surface area (Å²) in [5.41, 5.74) is 8.12. The van der Waals surface area contributed by atoms with Crippen LogP contribution in [-0.4, -0.2) is 28.5 Å². The monoisotopic (exact) mass is 629 g/mol. The molecule has 0 saturated carbocycles. The molecule has 1 amide bonds. The van der Waals surface area contributed by atoms with Crippen LogP contribution in [0, 0.1) is 6.92 Å². The average molecular weight is 630 g/mol. The van der Waals surface area contributed by atoms with Gasteiger partial charge in [0.05, 0.1) is 18.7 Å². The van der Waals surface area contributed by atoms with E-state index in [-0.39, 0.29) is 18.9 Å². The van der Waals surface area contributed by atoms with Crippen molar-refractivity contribution in [2.75, 3.05) is 11.4 Å². The van der Waals surface area contributed by atoms with Crippen molar-refractivity contribution >= 4 is 56.8 Å². The number of aromatic nitrogens is 1. The lowest BCUT2D eigenvalue weighted by Gasteiger charge is -2.23. The highest BCUT2D eigenvalue weighted by Crippen LogP contribution is 2.37. The van der Waals surface area contributed by atoms with Crippen molar-refractivity contribution in [3.8, 4) is 0 Å². The van der Waals surface area contributed by atoms with Gasteiger partial charge in [0.1, 0.15) is 0 Å². The molecule has 0 saturated heterocycles. The Bertz CT molecular complexity index is 1600. The lowest BCUT2D eigenvalue weighted by molar-refractivity contribution is -0.136. The van der Waals surface area contributed by atoms with Crippen LogP contribution >= 0.6 is 22.9 Å². The standard InChI is InChI=1S/C36H40ClN3O3S/c1-5-9-24(2)32(37)22-25(3)34-26(4)44-36(39-34)40(31-18-16-29(17-19-31)28-10-7-6-8-11-28)23-27-12-14-30(15-13-27)35(43)38-21-20-33(41)42/h5,9-10,12-19,22H,6-8,11,20-21,23H2,1-4H3,(H,38,43)(H,41,42)/b9-5-,25-22+,32-24+. The van der Waals surface area contributed by atoms with Crippen molar-refractivity contribution in [2.24, 2.45) is 0 Å². The zero-order chi connectivity index (χ0) is 31.6. The quantitative estimate of drug-likeness (QED) is 0.195. The van der Waals surface area contributed by atoms with E-state index in [2.05, 4.69) is 47.5 Å². The van der Waals surface area contributed by atoms with E-state index in [4.69, 9.17) is 21.7 Å². The summed E-state index contributed by atoms with van der Waals surface area (Å²) in [5.74, 6) is -1.24. The summed E-state index contributed by atoms with van der Waals surface area (Å²) in [7, 11) is 0. The molecule has 3 aromatic rings. The number of carboxylic acids is 1. The maximum atomic E-state index is 12.5. The van der Waals surface area contributed by atoms with Crippen molar-refractivity contribution in [1.29, 1.82) is 0 Å².